The second-order valence-corrected chi connectivity index (χ2v) is 17.4. The van der Waals surface area contributed by atoms with Crippen LogP contribution < -0.4 is 15.8 Å². The Hall–Kier alpha value is -4.46. The molecule has 6 rings (SSSR count). The van der Waals surface area contributed by atoms with Crippen molar-refractivity contribution in [2.45, 2.75) is 141 Å². The quantitative estimate of drug-likeness (QED) is 0.0991. The number of likely N-dealkylation sites (tertiary alicyclic amines) is 1. The lowest BCUT2D eigenvalue weighted by Gasteiger charge is -2.28. The van der Waals surface area contributed by atoms with Gasteiger partial charge in [0, 0.05) is 29.3 Å². The highest BCUT2D eigenvalue weighted by molar-refractivity contribution is 7.13. The van der Waals surface area contributed by atoms with Crippen LogP contribution in [0, 0.1) is 11.8 Å². The molecule has 55 heavy (non-hydrogen) atoms. The molecule has 3 aliphatic rings. The summed E-state index contributed by atoms with van der Waals surface area (Å²) in [5.41, 5.74) is 8.90. The Kier molecular flexibility index (Phi) is 12.5. The van der Waals surface area contributed by atoms with Gasteiger partial charge < -0.3 is 30.5 Å². The number of para-hydroxylation sites is 1. The number of nitrogens with zero attached hydrogens (tertiary/aromatic N) is 4. The first-order chi connectivity index (χ1) is 26.2. The molecular formula is C41H56N6O7S. The maximum Gasteiger partial charge on any atom is 0.408 e. The molecule has 298 valence electrons. The summed E-state index contributed by atoms with van der Waals surface area (Å²) in [6.45, 7) is 9.46. The number of hydrogen-bond donors (Lipinski definition) is 3. The van der Waals surface area contributed by atoms with Crippen LogP contribution in [0.1, 0.15) is 123 Å². The molecule has 1 aromatic carbocycles. The van der Waals surface area contributed by atoms with Crippen LogP contribution in [0.25, 0.3) is 21.6 Å². The average Bonchev–Trinajstić information content (AvgIpc) is 3.61. The fraction of sp³-hybridized carbons (Fsp3) is 0.610. The van der Waals surface area contributed by atoms with E-state index in [4.69, 9.17) is 30.3 Å². The van der Waals surface area contributed by atoms with Gasteiger partial charge in [-0.1, -0.05) is 43.9 Å². The molecule has 0 bridgehead atoms. The van der Waals surface area contributed by atoms with Crippen molar-refractivity contribution in [3.63, 3.8) is 0 Å². The molecule has 5 atom stereocenters. The van der Waals surface area contributed by atoms with Gasteiger partial charge in [-0.05, 0) is 91.2 Å². The number of imidazole rings is 1. The number of alkyl carbamates (subject to hydrolysis) is 1. The first-order valence-electron chi connectivity index (χ1n) is 19.8. The van der Waals surface area contributed by atoms with Crippen LogP contribution in [0.4, 0.5) is 4.79 Å². The number of carboxylic acid groups (broad SMARTS) is 1. The number of primary amides is 1. The third kappa shape index (κ3) is 9.86. The molecule has 14 heteroatoms. The van der Waals surface area contributed by atoms with E-state index in [1.54, 1.807) is 32.1 Å². The standard InChI is InChI=1S/C41H56N6O7S/c1-24(2)47-32-19-13-17-28(36-43-31(23-55-36)25-14-11-12-15-25)34(32)45-39(47)53-27-21-33(35(42)48)46(22-27)37(49)30(44-40(52)54-41(3,4)5)18-10-8-6-7-9-16-26-20-29(26)38(50)51/h9,13,16-17,19,23-27,29-30,33H,6-8,10-12,14-15,18,20-22H2,1-5H3,(H2,42,48)(H,44,52)(H,50,51)/b16-9-/t26-,27-,29+,30+,33+/m1/s1. The van der Waals surface area contributed by atoms with Gasteiger partial charge in [0.2, 0.25) is 11.8 Å². The number of ether oxygens (including phenoxy) is 2. The van der Waals surface area contributed by atoms with Gasteiger partial charge in [0.1, 0.15) is 34.3 Å². The highest BCUT2D eigenvalue weighted by Crippen LogP contribution is 2.41. The van der Waals surface area contributed by atoms with Gasteiger partial charge in [-0.15, -0.1) is 11.3 Å². The molecule has 0 unspecified atom stereocenters. The molecule has 3 aromatic rings. The summed E-state index contributed by atoms with van der Waals surface area (Å²) in [4.78, 5) is 62.5. The number of carbonyl (C=O) groups excluding carboxylic acids is 3. The van der Waals surface area contributed by atoms with E-state index in [9.17, 15) is 19.2 Å². The van der Waals surface area contributed by atoms with Crippen molar-refractivity contribution in [1.82, 2.24) is 24.8 Å². The summed E-state index contributed by atoms with van der Waals surface area (Å²) < 4.78 is 14.1. The predicted octanol–water partition coefficient (Wildman–Crippen LogP) is 7.35. The van der Waals surface area contributed by atoms with Crippen molar-refractivity contribution in [1.29, 1.82) is 0 Å². The second kappa shape index (κ2) is 17.1. The number of carboxylic acids is 1. The van der Waals surface area contributed by atoms with Crippen molar-refractivity contribution in [2.24, 2.45) is 17.6 Å². The lowest BCUT2D eigenvalue weighted by Crippen LogP contribution is -2.53. The average molecular weight is 777 g/mol. The number of nitrogens with one attached hydrogen (secondary N) is 1. The Bertz CT molecular complexity index is 1890. The maximum atomic E-state index is 14.2. The summed E-state index contributed by atoms with van der Waals surface area (Å²) in [6, 6.07) is 4.59. The van der Waals surface area contributed by atoms with Gasteiger partial charge in [0.25, 0.3) is 6.01 Å². The number of fused-ring (bicyclic) bond motifs is 1. The SMILES string of the molecule is CC(C)n1c(O[C@@H]2C[C@@H](C(N)=O)N(C(=O)[C@H](CCCCC/C=C\[C@@H]3C[C@@H]3C(=O)O)NC(=O)OC(C)(C)C)C2)nc2c(-c3nc(C4CCCC4)cs3)cccc21. The molecular weight excluding hydrogens is 721 g/mol. The summed E-state index contributed by atoms with van der Waals surface area (Å²) in [5, 5.41) is 15.0. The number of amides is 3. The van der Waals surface area contributed by atoms with Crippen molar-refractivity contribution in [3.8, 4) is 16.6 Å². The molecule has 0 spiro atoms. The van der Waals surface area contributed by atoms with Gasteiger partial charge in [0.05, 0.1) is 23.7 Å². The van der Waals surface area contributed by atoms with Crippen molar-refractivity contribution in [2.75, 3.05) is 6.54 Å². The van der Waals surface area contributed by atoms with E-state index in [1.165, 1.54) is 30.6 Å². The van der Waals surface area contributed by atoms with E-state index in [0.717, 1.165) is 46.6 Å². The van der Waals surface area contributed by atoms with Crippen molar-refractivity contribution < 1.29 is 33.8 Å². The molecule has 3 fully saturated rings. The minimum Gasteiger partial charge on any atom is -0.481 e. The van der Waals surface area contributed by atoms with Crippen LogP contribution >= 0.6 is 11.3 Å². The van der Waals surface area contributed by atoms with Crippen molar-refractivity contribution in [3.05, 3.63) is 41.4 Å². The van der Waals surface area contributed by atoms with Gasteiger partial charge in [-0.25, -0.2) is 9.78 Å². The zero-order valence-corrected chi connectivity index (χ0v) is 33.5. The number of benzene rings is 1. The Morgan fingerprint density at radius 1 is 1.09 bits per heavy atom. The Balaban J connectivity index is 1.16. The molecule has 1 saturated heterocycles. The molecule has 0 radical (unpaired) electrons. The van der Waals surface area contributed by atoms with Gasteiger partial charge >= 0.3 is 12.1 Å². The maximum absolute atomic E-state index is 14.2. The topological polar surface area (TPSA) is 179 Å². The number of aromatic nitrogens is 3. The molecule has 3 amide bonds. The number of aliphatic carboxylic acids is 1. The summed E-state index contributed by atoms with van der Waals surface area (Å²) in [7, 11) is 0. The third-order valence-corrected chi connectivity index (χ3v) is 11.7. The largest absolute Gasteiger partial charge is 0.481 e. The number of carbonyl (C=O) groups is 4. The van der Waals surface area contributed by atoms with E-state index >= 15 is 0 Å². The normalized spacial score (nSPS) is 22.1. The number of thiazole rings is 1. The molecule has 2 aromatic heterocycles. The highest BCUT2D eigenvalue weighted by atomic mass is 32.1. The van der Waals surface area contributed by atoms with E-state index in [1.807, 2.05) is 34.9 Å². The fourth-order valence-corrected chi connectivity index (χ4v) is 8.82. The number of allylic oxidation sites excluding steroid dienone is 2. The Labute approximate surface area is 327 Å². The predicted molar refractivity (Wildman–Crippen MR) is 211 cm³/mol. The van der Waals surface area contributed by atoms with Crippen LogP contribution in [-0.4, -0.2) is 78.8 Å². The van der Waals surface area contributed by atoms with Crippen LogP contribution in [0.15, 0.2) is 35.7 Å². The minimum absolute atomic E-state index is 0.0000604. The molecule has 2 aliphatic carbocycles. The minimum atomic E-state index is -0.941. The van der Waals surface area contributed by atoms with Crippen LogP contribution in [-0.2, 0) is 19.1 Å². The molecule has 13 nitrogen and oxygen atoms in total. The molecule has 2 saturated carbocycles. The second-order valence-electron chi connectivity index (χ2n) is 16.6. The van der Waals surface area contributed by atoms with E-state index in [-0.39, 0.29) is 30.8 Å². The Morgan fingerprint density at radius 2 is 1.85 bits per heavy atom. The van der Waals surface area contributed by atoms with Crippen LogP contribution in [0.3, 0.4) is 0 Å². The molecule has 4 N–H and O–H groups in total. The molecule has 3 heterocycles. The van der Waals surface area contributed by atoms with Gasteiger partial charge in [-0.3, -0.25) is 19.0 Å². The number of rotatable bonds is 16. The number of unbranched alkanes of at least 4 members (excludes halogenated alkanes) is 3. The third-order valence-electron chi connectivity index (χ3n) is 10.8. The van der Waals surface area contributed by atoms with E-state index in [2.05, 4.69) is 24.5 Å². The summed E-state index contributed by atoms with van der Waals surface area (Å²) in [6.07, 6.45) is 11.8. The highest BCUT2D eigenvalue weighted by Gasteiger charge is 2.43. The van der Waals surface area contributed by atoms with Crippen molar-refractivity contribution >= 4 is 46.2 Å². The zero-order chi connectivity index (χ0) is 39.4. The lowest BCUT2D eigenvalue weighted by atomic mass is 10.0. The Morgan fingerprint density at radius 3 is 2.53 bits per heavy atom. The first kappa shape index (κ1) is 40.2. The number of hydrogen-bond acceptors (Lipinski definition) is 9. The molecule has 1 aliphatic heterocycles. The van der Waals surface area contributed by atoms with Crippen LogP contribution in [0.5, 0.6) is 6.01 Å². The number of nitrogens with two attached hydrogens (primary N) is 1. The fourth-order valence-electron chi connectivity index (χ4n) is 7.89. The van der Waals surface area contributed by atoms with E-state index < -0.39 is 47.7 Å². The monoisotopic (exact) mass is 776 g/mol. The summed E-state index contributed by atoms with van der Waals surface area (Å²) >= 11 is 1.64. The van der Waals surface area contributed by atoms with E-state index in [0.29, 0.717) is 31.2 Å². The smallest absolute Gasteiger partial charge is 0.408 e. The first-order valence-corrected chi connectivity index (χ1v) is 20.7. The van der Waals surface area contributed by atoms with Crippen LogP contribution in [0.2, 0.25) is 0 Å². The van der Waals surface area contributed by atoms with Gasteiger partial charge in [0.15, 0.2) is 0 Å². The zero-order valence-electron chi connectivity index (χ0n) is 32.7. The van der Waals surface area contributed by atoms with Gasteiger partial charge in [-0.2, -0.15) is 4.98 Å². The lowest BCUT2D eigenvalue weighted by molar-refractivity contribution is -0.139. The summed E-state index contributed by atoms with van der Waals surface area (Å²) in [5.74, 6) is -1.46.